The third-order valence-corrected chi connectivity index (χ3v) is 10.2. The molecule has 0 bridgehead atoms. The second-order valence-corrected chi connectivity index (χ2v) is 12.1. The van der Waals surface area contributed by atoms with E-state index in [2.05, 4.69) is 19.1 Å². The maximum atomic E-state index is 15.2. The number of rotatable bonds is 6. The van der Waals surface area contributed by atoms with E-state index in [1.807, 2.05) is 0 Å². The molecule has 4 nitrogen and oxygen atoms in total. The van der Waals surface area contributed by atoms with Gasteiger partial charge in [-0.3, -0.25) is 0 Å². The molecule has 4 saturated carbocycles. The highest BCUT2D eigenvalue weighted by atomic mass is 19.2. The minimum atomic E-state index is -2.01. The van der Waals surface area contributed by atoms with Crippen LogP contribution in [0.1, 0.15) is 111 Å². The van der Waals surface area contributed by atoms with Gasteiger partial charge in [0.2, 0.25) is 0 Å². The van der Waals surface area contributed by atoms with Crippen LogP contribution in [0.3, 0.4) is 0 Å². The van der Waals surface area contributed by atoms with Crippen molar-refractivity contribution in [3.63, 3.8) is 0 Å². The van der Waals surface area contributed by atoms with Gasteiger partial charge in [-0.15, -0.1) is 0 Å². The van der Waals surface area contributed by atoms with E-state index in [-0.39, 0.29) is 54.0 Å². The fraction of sp³-hybridized carbons (Fsp3) is 0.933. The molecular formula is C30H58F4O4. The lowest BCUT2D eigenvalue weighted by atomic mass is 9.62. The molecule has 5 atom stereocenters. The zero-order valence-corrected chi connectivity index (χ0v) is 22.6. The van der Waals surface area contributed by atoms with E-state index in [0.717, 1.165) is 30.6 Å². The Balaban J connectivity index is 0. The SMILES string of the molecule is C.C/C=C/CCC1CCC(C2CCC(C3CCC(C4CC(F)C(F)C(F)C4)C(F)C3)CC2)CC1.O.O.O.O. The average molecular weight is 559 g/mol. The number of hydrogen-bond acceptors (Lipinski definition) is 0. The molecule has 4 rings (SSSR count). The summed E-state index contributed by atoms with van der Waals surface area (Å²) in [7, 11) is 0. The van der Waals surface area contributed by atoms with Gasteiger partial charge >= 0.3 is 0 Å². The Kier molecular flexibility index (Phi) is 19.3. The summed E-state index contributed by atoms with van der Waals surface area (Å²) in [6, 6.07) is 0. The number of halogens is 4. The van der Waals surface area contributed by atoms with Crippen LogP contribution < -0.4 is 0 Å². The standard InChI is InChI=1S/C29H46F4.CH4.4H2O/c1-2-3-4-5-19-6-8-20(9-7-19)21-10-12-22(13-11-21)23-14-15-25(26(30)16-23)24-17-27(31)29(33)28(32)18-24;;;;;/h2-3,19-29H,4-18H2,1H3;1H4;4*1H2/b3-2+;;;;;. The van der Waals surface area contributed by atoms with E-state index >= 15 is 4.39 Å². The maximum Gasteiger partial charge on any atom is 0.162 e. The van der Waals surface area contributed by atoms with Crippen LogP contribution in [0.15, 0.2) is 12.2 Å². The summed E-state index contributed by atoms with van der Waals surface area (Å²) in [5.41, 5.74) is 0. The summed E-state index contributed by atoms with van der Waals surface area (Å²) in [6.07, 6.45) is 13.5. The molecule has 0 radical (unpaired) electrons. The summed E-state index contributed by atoms with van der Waals surface area (Å²) in [6.45, 7) is 2.10. The van der Waals surface area contributed by atoms with E-state index < -0.39 is 24.7 Å². The largest absolute Gasteiger partial charge is 0.412 e. The molecule has 4 aliphatic rings. The van der Waals surface area contributed by atoms with E-state index in [1.54, 1.807) is 0 Å². The first-order valence-corrected chi connectivity index (χ1v) is 14.1. The molecule has 0 aliphatic heterocycles. The maximum absolute atomic E-state index is 15.2. The van der Waals surface area contributed by atoms with E-state index in [1.165, 1.54) is 64.2 Å². The van der Waals surface area contributed by atoms with Gasteiger partial charge in [-0.05, 0) is 132 Å². The van der Waals surface area contributed by atoms with Crippen LogP contribution in [-0.2, 0) is 0 Å². The molecule has 0 amide bonds. The van der Waals surface area contributed by atoms with Gasteiger partial charge in [0, 0.05) is 0 Å². The van der Waals surface area contributed by atoms with Gasteiger partial charge in [0.1, 0.15) is 18.5 Å². The highest BCUT2D eigenvalue weighted by Gasteiger charge is 2.46. The summed E-state index contributed by atoms with van der Waals surface area (Å²) in [4.78, 5) is 0. The lowest BCUT2D eigenvalue weighted by molar-refractivity contribution is -0.0292. The minimum absolute atomic E-state index is 0. The second-order valence-electron chi connectivity index (χ2n) is 12.1. The molecular weight excluding hydrogens is 500 g/mol. The summed E-state index contributed by atoms with van der Waals surface area (Å²) in [5, 5.41) is 0. The van der Waals surface area contributed by atoms with Crippen molar-refractivity contribution >= 4 is 0 Å². The third-order valence-electron chi connectivity index (χ3n) is 10.2. The smallest absolute Gasteiger partial charge is 0.162 e. The predicted molar refractivity (Wildman–Crippen MR) is 149 cm³/mol. The lowest BCUT2D eigenvalue weighted by Gasteiger charge is -2.44. The van der Waals surface area contributed by atoms with Crippen LogP contribution >= 0.6 is 0 Å². The molecule has 4 fully saturated rings. The Labute approximate surface area is 228 Å². The molecule has 0 saturated heterocycles. The van der Waals surface area contributed by atoms with E-state index in [0.29, 0.717) is 18.3 Å². The van der Waals surface area contributed by atoms with Crippen LogP contribution in [0.2, 0.25) is 0 Å². The lowest BCUT2D eigenvalue weighted by Crippen LogP contribution is -2.43. The molecule has 0 heterocycles. The van der Waals surface area contributed by atoms with Crippen molar-refractivity contribution in [3.05, 3.63) is 12.2 Å². The van der Waals surface area contributed by atoms with Crippen LogP contribution in [0, 0.1) is 41.4 Å². The molecule has 38 heavy (non-hydrogen) atoms. The van der Waals surface area contributed by atoms with Crippen molar-refractivity contribution in [1.29, 1.82) is 0 Å². The summed E-state index contributed by atoms with van der Waals surface area (Å²) >= 11 is 0. The number of allylic oxidation sites excluding steroid dienone is 2. The Morgan fingerprint density at radius 3 is 1.45 bits per heavy atom. The molecule has 8 heteroatoms. The topological polar surface area (TPSA) is 126 Å². The zero-order valence-electron chi connectivity index (χ0n) is 22.6. The molecule has 0 aromatic carbocycles. The number of hydrogen-bond donors (Lipinski definition) is 0. The molecule has 0 spiro atoms. The van der Waals surface area contributed by atoms with E-state index in [4.69, 9.17) is 0 Å². The van der Waals surface area contributed by atoms with Gasteiger partial charge in [0.15, 0.2) is 6.17 Å². The zero-order chi connectivity index (χ0) is 23.4. The fourth-order valence-electron chi connectivity index (χ4n) is 8.17. The Bertz CT molecular complexity index is 611. The fourth-order valence-corrected chi connectivity index (χ4v) is 8.17. The molecule has 230 valence electrons. The third kappa shape index (κ3) is 9.74. The molecule has 8 N–H and O–H groups in total. The molecule has 4 aliphatic carbocycles. The van der Waals surface area contributed by atoms with Crippen molar-refractivity contribution in [1.82, 2.24) is 0 Å². The normalized spacial score (nSPS) is 41.3. The van der Waals surface area contributed by atoms with Crippen molar-refractivity contribution < 1.29 is 39.5 Å². The van der Waals surface area contributed by atoms with Gasteiger partial charge in [0.05, 0.1) is 0 Å². The molecule has 5 unspecified atom stereocenters. The second kappa shape index (κ2) is 18.6. The monoisotopic (exact) mass is 558 g/mol. The van der Waals surface area contributed by atoms with Crippen LogP contribution in [0.25, 0.3) is 0 Å². The van der Waals surface area contributed by atoms with Gasteiger partial charge in [-0.2, -0.15) is 0 Å². The quantitative estimate of drug-likeness (QED) is 0.262. The van der Waals surface area contributed by atoms with Crippen LogP contribution in [0.4, 0.5) is 17.6 Å². The van der Waals surface area contributed by atoms with Gasteiger partial charge in [0.25, 0.3) is 0 Å². The summed E-state index contributed by atoms with van der Waals surface area (Å²) in [5.74, 6) is 3.15. The van der Waals surface area contributed by atoms with Gasteiger partial charge in [-0.25, -0.2) is 17.6 Å². The summed E-state index contributed by atoms with van der Waals surface area (Å²) < 4.78 is 56.4. The van der Waals surface area contributed by atoms with Gasteiger partial charge in [-0.1, -0.05) is 32.4 Å². The van der Waals surface area contributed by atoms with Crippen molar-refractivity contribution in [3.8, 4) is 0 Å². The van der Waals surface area contributed by atoms with Gasteiger partial charge < -0.3 is 21.9 Å². The number of alkyl halides is 4. The first kappa shape index (κ1) is 39.4. The Morgan fingerprint density at radius 1 is 0.553 bits per heavy atom. The van der Waals surface area contributed by atoms with Crippen molar-refractivity contribution in [2.45, 2.75) is 135 Å². The average Bonchev–Trinajstić information content (AvgIpc) is 2.83. The first-order chi connectivity index (χ1) is 16.0. The molecule has 0 aromatic heterocycles. The van der Waals surface area contributed by atoms with Crippen LogP contribution in [-0.4, -0.2) is 46.6 Å². The Hall–Kier alpha value is -0.700. The van der Waals surface area contributed by atoms with Crippen molar-refractivity contribution in [2.75, 3.05) is 0 Å². The first-order valence-electron chi connectivity index (χ1n) is 14.1. The minimum Gasteiger partial charge on any atom is -0.412 e. The highest BCUT2D eigenvalue weighted by molar-refractivity contribution is 4.95. The highest BCUT2D eigenvalue weighted by Crippen LogP contribution is 2.49. The molecule has 0 aromatic rings. The van der Waals surface area contributed by atoms with Crippen LogP contribution in [0.5, 0.6) is 0 Å². The predicted octanol–water partition coefficient (Wildman–Crippen LogP) is 6.47. The van der Waals surface area contributed by atoms with E-state index in [9.17, 15) is 13.2 Å². The Morgan fingerprint density at radius 2 is 0.974 bits per heavy atom. The van der Waals surface area contributed by atoms with Crippen molar-refractivity contribution in [2.24, 2.45) is 41.4 Å².